The van der Waals surface area contributed by atoms with Gasteiger partial charge in [-0.3, -0.25) is 4.79 Å². The van der Waals surface area contributed by atoms with E-state index >= 15 is 0 Å². The average Bonchev–Trinajstić information content (AvgIpc) is 3.10. The number of benzene rings is 2. The molecule has 0 aliphatic carbocycles. The SMILES string of the molecule is COC(=O)C1=C(C(=O)OC)N(c2cc(OC)c(OC)cc2C(=O)c2ccc(Cl)cc2)C=CC=C1. The van der Waals surface area contributed by atoms with Gasteiger partial charge >= 0.3 is 11.9 Å². The first kappa shape index (κ1) is 24.6. The van der Waals surface area contributed by atoms with Gasteiger partial charge in [-0.15, -0.1) is 0 Å². The number of halogens is 1. The largest absolute Gasteiger partial charge is 0.493 e. The maximum absolute atomic E-state index is 13.6. The first-order chi connectivity index (χ1) is 16.4. The summed E-state index contributed by atoms with van der Waals surface area (Å²) >= 11 is 5.98. The van der Waals surface area contributed by atoms with Crippen LogP contribution < -0.4 is 14.4 Å². The molecule has 0 radical (unpaired) electrons. The van der Waals surface area contributed by atoms with Gasteiger partial charge in [0.05, 0.1) is 45.3 Å². The van der Waals surface area contributed by atoms with Crippen molar-refractivity contribution < 1.29 is 33.3 Å². The van der Waals surface area contributed by atoms with Gasteiger partial charge in [-0.2, -0.15) is 0 Å². The van der Waals surface area contributed by atoms with Crippen LogP contribution >= 0.6 is 11.6 Å². The highest BCUT2D eigenvalue weighted by atomic mass is 35.5. The zero-order valence-corrected chi connectivity index (χ0v) is 19.7. The van der Waals surface area contributed by atoms with Crippen molar-refractivity contribution in [2.75, 3.05) is 33.3 Å². The fraction of sp³-hybridized carbons (Fsp3) is 0.160. The minimum atomic E-state index is -0.809. The second kappa shape index (κ2) is 10.7. The number of hydrogen-bond acceptors (Lipinski definition) is 8. The van der Waals surface area contributed by atoms with E-state index in [-0.39, 0.29) is 28.3 Å². The molecule has 0 unspecified atom stereocenters. The molecule has 8 nitrogen and oxygen atoms in total. The molecule has 0 saturated heterocycles. The van der Waals surface area contributed by atoms with Crippen molar-refractivity contribution in [3.05, 3.63) is 88.2 Å². The van der Waals surface area contributed by atoms with Crippen molar-refractivity contribution in [3.8, 4) is 11.5 Å². The Balaban J connectivity index is 2.33. The number of nitrogens with zero attached hydrogens (tertiary/aromatic N) is 1. The van der Waals surface area contributed by atoms with Gasteiger partial charge in [0, 0.05) is 22.9 Å². The van der Waals surface area contributed by atoms with E-state index < -0.39 is 11.9 Å². The average molecular weight is 484 g/mol. The van der Waals surface area contributed by atoms with Gasteiger partial charge < -0.3 is 23.8 Å². The third-order valence-corrected chi connectivity index (χ3v) is 5.25. The highest BCUT2D eigenvalue weighted by Crippen LogP contribution is 2.39. The molecule has 0 saturated carbocycles. The van der Waals surface area contributed by atoms with Crippen LogP contribution in [0.4, 0.5) is 5.69 Å². The van der Waals surface area contributed by atoms with Crippen LogP contribution in [0.2, 0.25) is 5.02 Å². The van der Waals surface area contributed by atoms with E-state index in [0.717, 1.165) is 0 Å². The standard InChI is InChI=1S/C25H22ClNO7/c1-31-20-13-18(23(28)15-8-10-16(26)11-9-15)19(14-21(20)32-2)27-12-6-5-7-17(24(29)33-3)22(27)25(30)34-4/h5-14H,1-4H3. The topological polar surface area (TPSA) is 91.4 Å². The Labute approximate surface area is 201 Å². The van der Waals surface area contributed by atoms with Gasteiger partial charge in [0.1, 0.15) is 5.70 Å². The Morgan fingerprint density at radius 3 is 2.03 bits per heavy atom. The quantitative estimate of drug-likeness (QED) is 0.430. The van der Waals surface area contributed by atoms with Crippen LogP contribution in [0.15, 0.2) is 72.1 Å². The number of carbonyl (C=O) groups excluding carboxylic acids is 3. The molecule has 2 aromatic carbocycles. The third-order valence-electron chi connectivity index (χ3n) is 5.00. The summed E-state index contributed by atoms with van der Waals surface area (Å²) in [6.07, 6.45) is 6.12. The maximum Gasteiger partial charge on any atom is 0.355 e. The predicted molar refractivity (Wildman–Crippen MR) is 126 cm³/mol. The molecule has 0 aromatic heterocycles. The van der Waals surface area contributed by atoms with Crippen molar-refractivity contribution in [1.29, 1.82) is 0 Å². The molecule has 3 rings (SSSR count). The van der Waals surface area contributed by atoms with Crippen LogP contribution in [0.5, 0.6) is 11.5 Å². The predicted octanol–water partition coefficient (Wildman–Crippen LogP) is 4.08. The Kier molecular flexibility index (Phi) is 7.75. The number of allylic oxidation sites excluding steroid dienone is 2. The van der Waals surface area contributed by atoms with Crippen LogP contribution in [-0.4, -0.2) is 46.2 Å². The molecule has 0 bridgehead atoms. The lowest BCUT2D eigenvalue weighted by molar-refractivity contribution is -0.139. The van der Waals surface area contributed by atoms with Crippen LogP contribution in [-0.2, 0) is 19.1 Å². The molecule has 0 amide bonds. The van der Waals surface area contributed by atoms with E-state index in [0.29, 0.717) is 22.1 Å². The molecule has 1 heterocycles. The number of esters is 2. The van der Waals surface area contributed by atoms with Gasteiger partial charge in [0.25, 0.3) is 0 Å². The van der Waals surface area contributed by atoms with Crippen molar-refractivity contribution in [3.63, 3.8) is 0 Å². The lowest BCUT2D eigenvalue weighted by Crippen LogP contribution is -2.28. The normalized spacial score (nSPS) is 12.8. The molecule has 1 aliphatic heterocycles. The summed E-state index contributed by atoms with van der Waals surface area (Å²) in [5.74, 6) is -1.33. The van der Waals surface area contributed by atoms with Crippen molar-refractivity contribution >= 4 is 35.0 Å². The molecular formula is C25H22ClNO7. The zero-order chi connectivity index (χ0) is 24.8. The summed E-state index contributed by atoms with van der Waals surface area (Å²) in [5, 5.41) is 0.476. The van der Waals surface area contributed by atoms with Gasteiger partial charge in [-0.05, 0) is 42.5 Å². The second-order valence-electron chi connectivity index (χ2n) is 6.88. The summed E-state index contributed by atoms with van der Waals surface area (Å²) in [6, 6.07) is 9.41. The molecule has 2 aromatic rings. The number of ketones is 1. The van der Waals surface area contributed by atoms with Crippen molar-refractivity contribution in [2.45, 2.75) is 0 Å². The molecule has 9 heteroatoms. The first-order valence-corrected chi connectivity index (χ1v) is 10.3. The number of anilines is 1. The summed E-state index contributed by atoms with van der Waals surface area (Å²) in [5.41, 5.74) is 0.582. The van der Waals surface area contributed by atoms with Gasteiger partial charge in [-0.1, -0.05) is 17.7 Å². The van der Waals surface area contributed by atoms with Crippen LogP contribution in [0, 0.1) is 0 Å². The fourth-order valence-corrected chi connectivity index (χ4v) is 3.48. The van der Waals surface area contributed by atoms with Crippen LogP contribution in [0.1, 0.15) is 15.9 Å². The maximum atomic E-state index is 13.6. The third kappa shape index (κ3) is 4.82. The number of rotatable bonds is 7. The van der Waals surface area contributed by atoms with Gasteiger partial charge in [0.2, 0.25) is 0 Å². The zero-order valence-electron chi connectivity index (χ0n) is 19.0. The summed E-state index contributed by atoms with van der Waals surface area (Å²) in [7, 11) is 5.28. The Hall–Kier alpha value is -4.04. The lowest BCUT2D eigenvalue weighted by atomic mass is 9.99. The molecule has 0 atom stereocenters. The van der Waals surface area contributed by atoms with Gasteiger partial charge in [-0.25, -0.2) is 9.59 Å². The Morgan fingerprint density at radius 2 is 1.44 bits per heavy atom. The monoisotopic (exact) mass is 483 g/mol. The van der Waals surface area contributed by atoms with E-state index in [1.54, 1.807) is 36.4 Å². The molecule has 0 spiro atoms. The van der Waals surface area contributed by atoms with Gasteiger partial charge in [0.15, 0.2) is 17.3 Å². The highest BCUT2D eigenvalue weighted by molar-refractivity contribution is 6.30. The molecular weight excluding hydrogens is 462 g/mol. The lowest BCUT2D eigenvalue weighted by Gasteiger charge is -2.26. The molecule has 0 fully saturated rings. The Bertz CT molecular complexity index is 1210. The fourth-order valence-electron chi connectivity index (χ4n) is 3.36. The summed E-state index contributed by atoms with van der Waals surface area (Å²) in [6.45, 7) is 0. The van der Waals surface area contributed by atoms with E-state index in [2.05, 4.69) is 0 Å². The summed E-state index contributed by atoms with van der Waals surface area (Å²) in [4.78, 5) is 40.3. The molecule has 0 N–H and O–H groups in total. The minimum Gasteiger partial charge on any atom is -0.493 e. The minimum absolute atomic E-state index is 0.0565. The van der Waals surface area contributed by atoms with E-state index in [4.69, 9.17) is 30.5 Å². The number of methoxy groups -OCH3 is 4. The first-order valence-electron chi connectivity index (χ1n) is 9.97. The van der Waals surface area contributed by atoms with Crippen molar-refractivity contribution in [1.82, 2.24) is 0 Å². The number of hydrogen-bond donors (Lipinski definition) is 0. The van der Waals surface area contributed by atoms with Crippen LogP contribution in [0.3, 0.4) is 0 Å². The molecule has 34 heavy (non-hydrogen) atoms. The number of ether oxygens (including phenoxy) is 4. The van der Waals surface area contributed by atoms with Crippen LogP contribution in [0.25, 0.3) is 0 Å². The summed E-state index contributed by atoms with van der Waals surface area (Å²) < 4.78 is 20.6. The highest BCUT2D eigenvalue weighted by Gasteiger charge is 2.31. The molecule has 176 valence electrons. The number of carbonyl (C=O) groups is 3. The molecule has 1 aliphatic rings. The second-order valence-corrected chi connectivity index (χ2v) is 7.31. The van der Waals surface area contributed by atoms with E-state index in [9.17, 15) is 14.4 Å². The Morgan fingerprint density at radius 1 is 0.824 bits per heavy atom. The smallest absolute Gasteiger partial charge is 0.355 e. The van der Waals surface area contributed by atoms with Crippen molar-refractivity contribution in [2.24, 2.45) is 0 Å². The van der Waals surface area contributed by atoms with E-state index in [1.807, 2.05) is 0 Å². The van der Waals surface area contributed by atoms with E-state index in [1.165, 1.54) is 57.7 Å².